The van der Waals surface area contributed by atoms with Crippen LogP contribution in [0.3, 0.4) is 0 Å². The summed E-state index contributed by atoms with van der Waals surface area (Å²) in [5.41, 5.74) is 0.224. The molecule has 6 heteroatoms. The summed E-state index contributed by atoms with van der Waals surface area (Å²) in [7, 11) is 0. The second kappa shape index (κ2) is 6.68. The Labute approximate surface area is 112 Å². The van der Waals surface area contributed by atoms with Crippen LogP contribution < -0.4 is 10.6 Å². The van der Waals surface area contributed by atoms with Crippen molar-refractivity contribution in [3.8, 4) is 0 Å². The monoisotopic (exact) mass is 270 g/mol. The molecule has 1 rings (SSSR count). The number of anilines is 1. The highest BCUT2D eigenvalue weighted by Gasteiger charge is 2.14. The first-order valence-corrected chi connectivity index (χ1v) is 7.09. The number of carbonyl (C=O) groups is 1. The van der Waals surface area contributed by atoms with Crippen molar-refractivity contribution in [1.29, 1.82) is 0 Å². The van der Waals surface area contributed by atoms with Gasteiger partial charge in [0.25, 0.3) is 5.91 Å². The molecule has 102 valence electrons. The average molecular weight is 270 g/mol. The standard InChI is InChI=1S/C12H22N4OS/c1-5-7-14-11-16-15-10(18-11)9(17)13-8-6-12(2,3)4/h5-8H2,1-4H3,(H,13,17)(H,14,16). The predicted molar refractivity (Wildman–Crippen MR) is 75.1 cm³/mol. The lowest BCUT2D eigenvalue weighted by molar-refractivity contribution is 0.0948. The van der Waals surface area contributed by atoms with Gasteiger partial charge in [-0.1, -0.05) is 39.0 Å². The number of amides is 1. The number of nitrogens with zero attached hydrogens (tertiary/aromatic N) is 2. The molecular weight excluding hydrogens is 248 g/mol. The van der Waals surface area contributed by atoms with Crippen molar-refractivity contribution in [2.75, 3.05) is 18.4 Å². The first-order valence-electron chi connectivity index (χ1n) is 6.28. The lowest BCUT2D eigenvalue weighted by atomic mass is 9.92. The summed E-state index contributed by atoms with van der Waals surface area (Å²) >= 11 is 1.29. The fraction of sp³-hybridized carbons (Fsp3) is 0.750. The minimum absolute atomic E-state index is 0.138. The van der Waals surface area contributed by atoms with E-state index in [1.165, 1.54) is 11.3 Å². The summed E-state index contributed by atoms with van der Waals surface area (Å²) < 4.78 is 0. The van der Waals surface area contributed by atoms with Gasteiger partial charge in [0.1, 0.15) is 0 Å². The van der Waals surface area contributed by atoms with E-state index in [1.54, 1.807) is 0 Å². The zero-order valence-corrected chi connectivity index (χ0v) is 12.4. The highest BCUT2D eigenvalue weighted by molar-refractivity contribution is 7.17. The first-order chi connectivity index (χ1) is 8.42. The molecule has 1 amide bonds. The highest BCUT2D eigenvalue weighted by atomic mass is 32.1. The lowest BCUT2D eigenvalue weighted by Crippen LogP contribution is -2.27. The highest BCUT2D eigenvalue weighted by Crippen LogP contribution is 2.18. The molecule has 5 nitrogen and oxygen atoms in total. The zero-order valence-electron chi connectivity index (χ0n) is 11.5. The number of hydrogen-bond acceptors (Lipinski definition) is 5. The summed E-state index contributed by atoms with van der Waals surface area (Å²) in [6.45, 7) is 10.0. The molecular formula is C12H22N4OS. The van der Waals surface area contributed by atoms with Crippen LogP contribution in [0.15, 0.2) is 0 Å². The van der Waals surface area contributed by atoms with Crippen molar-refractivity contribution in [2.45, 2.75) is 40.5 Å². The molecule has 0 spiro atoms. The van der Waals surface area contributed by atoms with Gasteiger partial charge in [0.2, 0.25) is 10.1 Å². The van der Waals surface area contributed by atoms with Crippen LogP contribution in [0.1, 0.15) is 50.3 Å². The van der Waals surface area contributed by atoms with E-state index < -0.39 is 0 Å². The summed E-state index contributed by atoms with van der Waals surface area (Å²) in [6, 6.07) is 0. The molecule has 1 aromatic heterocycles. The van der Waals surface area contributed by atoms with Gasteiger partial charge in [0, 0.05) is 13.1 Å². The molecule has 0 unspecified atom stereocenters. The van der Waals surface area contributed by atoms with Gasteiger partial charge >= 0.3 is 0 Å². The molecule has 1 aromatic rings. The molecule has 18 heavy (non-hydrogen) atoms. The third-order valence-electron chi connectivity index (χ3n) is 2.31. The molecule has 0 aliphatic heterocycles. The van der Waals surface area contributed by atoms with Crippen LogP contribution in [0.25, 0.3) is 0 Å². The number of rotatable bonds is 6. The Hall–Kier alpha value is -1.17. The van der Waals surface area contributed by atoms with Gasteiger partial charge in [-0.2, -0.15) is 0 Å². The van der Waals surface area contributed by atoms with Gasteiger partial charge in [-0.05, 0) is 18.3 Å². The molecule has 0 atom stereocenters. The Balaban J connectivity index is 2.39. The zero-order chi connectivity index (χ0) is 13.6. The molecule has 0 aliphatic carbocycles. The lowest BCUT2D eigenvalue weighted by Gasteiger charge is -2.17. The van der Waals surface area contributed by atoms with Crippen LogP contribution in [-0.2, 0) is 0 Å². The van der Waals surface area contributed by atoms with Crippen molar-refractivity contribution in [3.05, 3.63) is 5.01 Å². The van der Waals surface area contributed by atoms with Gasteiger partial charge in [0.05, 0.1) is 0 Å². The van der Waals surface area contributed by atoms with Gasteiger partial charge in [-0.3, -0.25) is 4.79 Å². The van der Waals surface area contributed by atoms with Gasteiger partial charge in [0.15, 0.2) is 0 Å². The molecule has 0 bridgehead atoms. The maximum Gasteiger partial charge on any atom is 0.282 e. The minimum Gasteiger partial charge on any atom is -0.360 e. The maximum absolute atomic E-state index is 11.8. The smallest absolute Gasteiger partial charge is 0.282 e. The van der Waals surface area contributed by atoms with Crippen molar-refractivity contribution in [3.63, 3.8) is 0 Å². The minimum atomic E-state index is -0.138. The van der Waals surface area contributed by atoms with E-state index >= 15 is 0 Å². The Morgan fingerprint density at radius 2 is 2.00 bits per heavy atom. The molecule has 0 fully saturated rings. The van der Waals surface area contributed by atoms with E-state index in [9.17, 15) is 4.79 Å². The normalized spacial score (nSPS) is 11.3. The van der Waals surface area contributed by atoms with E-state index in [-0.39, 0.29) is 11.3 Å². The molecule has 2 N–H and O–H groups in total. The van der Waals surface area contributed by atoms with Crippen LogP contribution in [0, 0.1) is 5.41 Å². The second-order valence-electron chi connectivity index (χ2n) is 5.41. The molecule has 0 saturated carbocycles. The van der Waals surface area contributed by atoms with Crippen LogP contribution >= 0.6 is 11.3 Å². The van der Waals surface area contributed by atoms with Crippen LogP contribution in [0.4, 0.5) is 5.13 Å². The van der Waals surface area contributed by atoms with Gasteiger partial charge in [-0.25, -0.2) is 0 Å². The Bertz CT molecular complexity index is 384. The van der Waals surface area contributed by atoms with E-state index in [0.29, 0.717) is 16.7 Å². The second-order valence-corrected chi connectivity index (χ2v) is 6.38. The Morgan fingerprint density at radius 3 is 2.61 bits per heavy atom. The molecule has 0 radical (unpaired) electrons. The van der Waals surface area contributed by atoms with Crippen molar-refractivity contribution < 1.29 is 4.79 Å². The van der Waals surface area contributed by atoms with Crippen LogP contribution in [-0.4, -0.2) is 29.2 Å². The van der Waals surface area contributed by atoms with Crippen molar-refractivity contribution in [2.24, 2.45) is 5.41 Å². The number of hydrogen-bond donors (Lipinski definition) is 2. The van der Waals surface area contributed by atoms with Crippen LogP contribution in [0.2, 0.25) is 0 Å². The van der Waals surface area contributed by atoms with E-state index in [2.05, 4.69) is 48.5 Å². The Morgan fingerprint density at radius 1 is 1.28 bits per heavy atom. The number of aromatic nitrogens is 2. The van der Waals surface area contributed by atoms with Crippen molar-refractivity contribution >= 4 is 22.4 Å². The maximum atomic E-state index is 11.8. The van der Waals surface area contributed by atoms with Crippen LogP contribution in [0.5, 0.6) is 0 Å². The molecule has 0 aliphatic rings. The number of carbonyl (C=O) groups excluding carboxylic acids is 1. The van der Waals surface area contributed by atoms with Crippen molar-refractivity contribution in [1.82, 2.24) is 15.5 Å². The summed E-state index contributed by atoms with van der Waals surface area (Å²) in [5, 5.41) is 14.9. The number of nitrogens with one attached hydrogen (secondary N) is 2. The summed E-state index contributed by atoms with van der Waals surface area (Å²) in [5.74, 6) is -0.138. The average Bonchev–Trinajstić information content (AvgIpc) is 2.73. The fourth-order valence-electron chi connectivity index (χ4n) is 1.24. The van der Waals surface area contributed by atoms with Gasteiger partial charge in [-0.15, -0.1) is 10.2 Å². The largest absolute Gasteiger partial charge is 0.360 e. The Kier molecular flexibility index (Phi) is 5.53. The molecule has 0 saturated heterocycles. The van der Waals surface area contributed by atoms with E-state index in [0.717, 1.165) is 19.4 Å². The topological polar surface area (TPSA) is 66.9 Å². The fourth-order valence-corrected chi connectivity index (χ4v) is 1.93. The van der Waals surface area contributed by atoms with E-state index in [1.807, 2.05) is 0 Å². The quantitative estimate of drug-likeness (QED) is 0.833. The van der Waals surface area contributed by atoms with Gasteiger partial charge < -0.3 is 10.6 Å². The molecule has 1 heterocycles. The van der Waals surface area contributed by atoms with E-state index in [4.69, 9.17) is 0 Å². The third-order valence-corrected chi connectivity index (χ3v) is 3.19. The predicted octanol–water partition coefficient (Wildman–Crippen LogP) is 2.53. The SMILES string of the molecule is CCCNc1nnc(C(=O)NCCC(C)(C)C)s1. The summed E-state index contributed by atoms with van der Waals surface area (Å²) in [4.78, 5) is 11.8. The first kappa shape index (κ1) is 14.9. The summed E-state index contributed by atoms with van der Waals surface area (Å²) in [6.07, 6.45) is 1.96. The third kappa shape index (κ3) is 5.44. The molecule has 0 aromatic carbocycles.